The number of anilines is 1. The maximum Gasteiger partial charge on any atom is 0.251 e. The lowest BCUT2D eigenvalue weighted by Gasteiger charge is -2.07. The summed E-state index contributed by atoms with van der Waals surface area (Å²) in [5.74, 6) is -0.915. The van der Waals surface area contributed by atoms with Crippen molar-refractivity contribution >= 4 is 50.7 Å². The van der Waals surface area contributed by atoms with Gasteiger partial charge in [-0.2, -0.15) is 0 Å². The van der Waals surface area contributed by atoms with Crippen LogP contribution in [0.4, 0.5) is 10.1 Å². The number of nitrogens with zero attached hydrogens (tertiary/aromatic N) is 1. The lowest BCUT2D eigenvalue weighted by Crippen LogP contribution is -2.27. The Labute approximate surface area is 151 Å². The molecule has 0 aliphatic rings. The summed E-state index contributed by atoms with van der Waals surface area (Å²) in [6.07, 6.45) is 0.109. The molecule has 0 atom stereocenters. The van der Waals surface area contributed by atoms with Gasteiger partial charge < -0.3 is 10.6 Å². The number of carbonyl (C=O) groups excluding carboxylic acids is 2. The minimum Gasteiger partial charge on any atom is -0.352 e. The summed E-state index contributed by atoms with van der Waals surface area (Å²) >= 11 is 7.15. The number of aromatic nitrogens is 1. The van der Waals surface area contributed by atoms with E-state index < -0.39 is 0 Å². The highest BCUT2D eigenvalue weighted by Gasteiger charge is 2.10. The molecule has 0 bridgehead atoms. The van der Waals surface area contributed by atoms with E-state index in [9.17, 15) is 14.0 Å². The van der Waals surface area contributed by atoms with Crippen molar-refractivity contribution in [1.82, 2.24) is 10.3 Å². The first kappa shape index (κ1) is 17.3. The summed E-state index contributed by atoms with van der Waals surface area (Å²) in [4.78, 5) is 28.1. The molecule has 1 heterocycles. The van der Waals surface area contributed by atoms with E-state index in [1.807, 2.05) is 0 Å². The largest absolute Gasteiger partial charge is 0.352 e. The van der Waals surface area contributed by atoms with E-state index in [0.717, 1.165) is 10.2 Å². The lowest BCUT2D eigenvalue weighted by atomic mass is 10.2. The van der Waals surface area contributed by atoms with Crippen LogP contribution in [0.25, 0.3) is 10.2 Å². The number of halogens is 2. The molecule has 0 saturated carbocycles. The predicted octanol–water partition coefficient (Wildman–Crippen LogP) is 3.85. The van der Waals surface area contributed by atoms with Crippen LogP contribution in [0.3, 0.4) is 0 Å². The Morgan fingerprint density at radius 3 is 2.68 bits per heavy atom. The zero-order valence-corrected chi connectivity index (χ0v) is 14.5. The lowest BCUT2D eigenvalue weighted by molar-refractivity contribution is -0.116. The van der Waals surface area contributed by atoms with Gasteiger partial charge >= 0.3 is 0 Å². The van der Waals surface area contributed by atoms with Crippen molar-refractivity contribution in [2.75, 3.05) is 11.9 Å². The molecule has 1 aromatic heterocycles. The van der Waals surface area contributed by atoms with Crippen LogP contribution in [0.2, 0.25) is 4.47 Å². The van der Waals surface area contributed by atoms with Crippen molar-refractivity contribution in [3.05, 3.63) is 58.3 Å². The Kier molecular flexibility index (Phi) is 5.25. The highest BCUT2D eigenvalue weighted by atomic mass is 35.5. The number of hydrogen-bond acceptors (Lipinski definition) is 4. The van der Waals surface area contributed by atoms with Crippen LogP contribution in [-0.2, 0) is 4.79 Å². The Hall–Kier alpha value is -2.51. The van der Waals surface area contributed by atoms with Gasteiger partial charge in [0.15, 0.2) is 4.47 Å². The van der Waals surface area contributed by atoms with Crippen LogP contribution in [0.5, 0.6) is 0 Å². The first-order valence-corrected chi connectivity index (χ1v) is 8.60. The minimum absolute atomic E-state index is 0.109. The van der Waals surface area contributed by atoms with Gasteiger partial charge in [-0.25, -0.2) is 9.37 Å². The Balaban J connectivity index is 1.51. The number of hydrogen-bond donors (Lipinski definition) is 2. The van der Waals surface area contributed by atoms with Gasteiger partial charge in [-0.15, -0.1) is 11.3 Å². The summed E-state index contributed by atoms with van der Waals surface area (Å²) in [6, 6.07) is 10.6. The first-order valence-electron chi connectivity index (χ1n) is 7.41. The molecular formula is C17H13ClFN3O2S. The van der Waals surface area contributed by atoms with Crippen LogP contribution in [0, 0.1) is 5.82 Å². The van der Waals surface area contributed by atoms with Crippen molar-refractivity contribution in [1.29, 1.82) is 0 Å². The maximum absolute atomic E-state index is 12.8. The fourth-order valence-corrected chi connectivity index (χ4v) is 3.26. The van der Waals surface area contributed by atoms with Crippen LogP contribution in [0.1, 0.15) is 16.8 Å². The van der Waals surface area contributed by atoms with Crippen molar-refractivity contribution in [2.24, 2.45) is 0 Å². The summed E-state index contributed by atoms with van der Waals surface area (Å²) < 4.78 is 14.1. The van der Waals surface area contributed by atoms with E-state index in [4.69, 9.17) is 11.6 Å². The average Bonchev–Trinajstić information content (AvgIpc) is 2.96. The highest BCUT2D eigenvalue weighted by Crippen LogP contribution is 2.26. The number of thiazole rings is 1. The quantitative estimate of drug-likeness (QED) is 0.709. The normalized spacial score (nSPS) is 10.6. The third-order valence-electron chi connectivity index (χ3n) is 3.39. The molecule has 0 unspecified atom stereocenters. The molecular weight excluding hydrogens is 365 g/mol. The molecule has 2 N–H and O–H groups in total. The molecule has 0 aliphatic heterocycles. The van der Waals surface area contributed by atoms with Crippen LogP contribution >= 0.6 is 22.9 Å². The fourth-order valence-electron chi connectivity index (χ4n) is 2.19. The van der Waals surface area contributed by atoms with Crippen molar-refractivity contribution in [2.45, 2.75) is 6.42 Å². The third kappa shape index (κ3) is 4.52. The predicted molar refractivity (Wildman–Crippen MR) is 96.6 cm³/mol. The molecule has 0 radical (unpaired) electrons. The van der Waals surface area contributed by atoms with Crippen LogP contribution in [0.15, 0.2) is 42.5 Å². The third-order valence-corrected chi connectivity index (χ3v) is 4.51. The second-order valence-electron chi connectivity index (χ2n) is 5.21. The molecule has 8 heteroatoms. The van der Waals surface area contributed by atoms with E-state index in [1.54, 1.807) is 18.2 Å². The number of benzene rings is 2. The first-order chi connectivity index (χ1) is 12.0. The smallest absolute Gasteiger partial charge is 0.251 e. The van der Waals surface area contributed by atoms with Crippen molar-refractivity contribution in [3.8, 4) is 0 Å². The molecule has 0 saturated heterocycles. The Morgan fingerprint density at radius 2 is 1.92 bits per heavy atom. The molecule has 2 amide bonds. The number of amides is 2. The van der Waals surface area contributed by atoms with E-state index >= 15 is 0 Å². The second kappa shape index (κ2) is 7.58. The number of nitrogens with one attached hydrogen (secondary N) is 2. The topological polar surface area (TPSA) is 71.1 Å². The van der Waals surface area contributed by atoms with E-state index in [0.29, 0.717) is 15.7 Å². The molecule has 128 valence electrons. The fraction of sp³-hybridized carbons (Fsp3) is 0.118. The van der Waals surface area contributed by atoms with Gasteiger partial charge in [0.2, 0.25) is 5.91 Å². The Morgan fingerprint density at radius 1 is 1.16 bits per heavy atom. The van der Waals surface area contributed by atoms with Gasteiger partial charge in [0, 0.05) is 24.2 Å². The zero-order chi connectivity index (χ0) is 17.8. The standard InChI is InChI=1S/C17H13ClFN3O2S/c18-17-22-13-6-1-10(9-14(13)25-17)16(24)20-8-7-15(23)21-12-4-2-11(19)3-5-12/h1-6,9H,7-8H2,(H,20,24)(H,21,23). The van der Waals surface area contributed by atoms with Gasteiger partial charge in [-0.3, -0.25) is 9.59 Å². The van der Waals surface area contributed by atoms with Crippen LogP contribution in [-0.4, -0.2) is 23.3 Å². The number of rotatable bonds is 5. The molecule has 3 rings (SSSR count). The molecule has 5 nitrogen and oxygen atoms in total. The minimum atomic E-state index is -0.371. The monoisotopic (exact) mass is 377 g/mol. The molecule has 0 aliphatic carbocycles. The summed E-state index contributed by atoms with van der Waals surface area (Å²) in [5.41, 5.74) is 1.72. The second-order valence-corrected chi connectivity index (χ2v) is 6.82. The zero-order valence-electron chi connectivity index (χ0n) is 12.9. The molecule has 0 spiro atoms. The van der Waals surface area contributed by atoms with Gasteiger partial charge in [-0.1, -0.05) is 11.6 Å². The van der Waals surface area contributed by atoms with Gasteiger partial charge in [-0.05, 0) is 42.5 Å². The van der Waals surface area contributed by atoms with Crippen molar-refractivity contribution in [3.63, 3.8) is 0 Å². The number of carbonyl (C=O) groups is 2. The van der Waals surface area contributed by atoms with Gasteiger partial charge in [0.05, 0.1) is 10.2 Å². The van der Waals surface area contributed by atoms with Crippen LogP contribution < -0.4 is 10.6 Å². The van der Waals surface area contributed by atoms with E-state index in [2.05, 4.69) is 15.6 Å². The van der Waals surface area contributed by atoms with Gasteiger partial charge in [0.1, 0.15) is 5.82 Å². The Bertz CT molecular complexity index is 927. The molecule has 25 heavy (non-hydrogen) atoms. The highest BCUT2D eigenvalue weighted by molar-refractivity contribution is 7.22. The molecule has 2 aromatic carbocycles. The maximum atomic E-state index is 12.8. The van der Waals surface area contributed by atoms with Crippen molar-refractivity contribution < 1.29 is 14.0 Å². The molecule has 0 fully saturated rings. The average molecular weight is 378 g/mol. The SMILES string of the molecule is O=C(CCNC(=O)c1ccc2nc(Cl)sc2c1)Nc1ccc(F)cc1. The molecule has 3 aromatic rings. The summed E-state index contributed by atoms with van der Waals surface area (Å²) in [5, 5.41) is 5.32. The van der Waals surface area contributed by atoms with E-state index in [-0.39, 0.29) is 30.6 Å². The number of fused-ring (bicyclic) bond motifs is 1. The summed E-state index contributed by atoms with van der Waals surface area (Å²) in [6.45, 7) is 0.188. The summed E-state index contributed by atoms with van der Waals surface area (Å²) in [7, 11) is 0. The van der Waals surface area contributed by atoms with E-state index in [1.165, 1.54) is 35.6 Å². The van der Waals surface area contributed by atoms with Gasteiger partial charge in [0.25, 0.3) is 5.91 Å².